The molecular formula is C28H26N2O4. The number of aromatic nitrogens is 2. The van der Waals surface area contributed by atoms with Gasteiger partial charge in [0, 0.05) is 29.3 Å². The molecule has 2 unspecified atom stereocenters. The number of pyridine rings is 2. The van der Waals surface area contributed by atoms with Gasteiger partial charge < -0.3 is 14.7 Å². The Morgan fingerprint density at radius 2 is 2.00 bits per heavy atom. The molecule has 1 aliphatic heterocycles. The number of fused-ring (bicyclic) bond motifs is 1. The van der Waals surface area contributed by atoms with Gasteiger partial charge in [-0.25, -0.2) is 4.79 Å². The van der Waals surface area contributed by atoms with Gasteiger partial charge in [0.25, 0.3) is 5.60 Å². The molecule has 5 rings (SSSR count). The van der Waals surface area contributed by atoms with E-state index in [2.05, 4.69) is 37.0 Å². The minimum Gasteiger partial charge on any atom is -0.618 e. The average molecular weight is 455 g/mol. The lowest BCUT2D eigenvalue weighted by Gasteiger charge is -2.14. The highest BCUT2D eigenvalue weighted by Gasteiger charge is 2.70. The second-order valence-corrected chi connectivity index (χ2v) is 8.79. The third-order valence-electron chi connectivity index (χ3n) is 6.29. The molecule has 0 saturated carbocycles. The lowest BCUT2D eigenvalue weighted by molar-refractivity contribution is -0.617. The Labute approximate surface area is 198 Å². The molecule has 0 amide bonds. The summed E-state index contributed by atoms with van der Waals surface area (Å²) in [6.45, 7) is 6.27. The summed E-state index contributed by atoms with van der Waals surface area (Å²) in [5, 5.41) is 13.6. The van der Waals surface area contributed by atoms with Crippen molar-refractivity contribution in [2.24, 2.45) is 0 Å². The van der Waals surface area contributed by atoms with E-state index in [-0.39, 0.29) is 12.3 Å². The van der Waals surface area contributed by atoms with Gasteiger partial charge in [-0.15, -0.1) is 0 Å². The highest BCUT2D eigenvalue weighted by Crippen LogP contribution is 2.57. The van der Waals surface area contributed by atoms with Crippen LogP contribution < -0.4 is 4.73 Å². The molecule has 6 nitrogen and oxygen atoms in total. The minimum absolute atomic E-state index is 0.196. The van der Waals surface area contributed by atoms with Crippen molar-refractivity contribution in [3.05, 3.63) is 101 Å². The van der Waals surface area contributed by atoms with Crippen molar-refractivity contribution in [1.82, 2.24) is 4.98 Å². The number of hydrogen-bond donors (Lipinski definition) is 0. The lowest BCUT2D eigenvalue weighted by Crippen LogP contribution is -2.40. The van der Waals surface area contributed by atoms with Crippen LogP contribution in [0.3, 0.4) is 0 Å². The van der Waals surface area contributed by atoms with Crippen LogP contribution in [0.2, 0.25) is 0 Å². The van der Waals surface area contributed by atoms with Crippen LogP contribution >= 0.6 is 0 Å². The topological polar surface area (TPSA) is 78.7 Å². The smallest absolute Gasteiger partial charge is 0.352 e. The van der Waals surface area contributed by atoms with E-state index in [1.807, 2.05) is 30.3 Å². The first-order chi connectivity index (χ1) is 16.5. The summed E-state index contributed by atoms with van der Waals surface area (Å²) in [6, 6.07) is 21.2. The molecule has 172 valence electrons. The predicted molar refractivity (Wildman–Crippen MR) is 129 cm³/mol. The number of epoxide rings is 1. The fraction of sp³-hybridized carbons (Fsp3) is 0.250. The van der Waals surface area contributed by atoms with Crippen LogP contribution in [0.5, 0.6) is 0 Å². The fourth-order valence-corrected chi connectivity index (χ4v) is 4.50. The maximum absolute atomic E-state index is 13.0. The van der Waals surface area contributed by atoms with Crippen molar-refractivity contribution in [3.8, 4) is 11.1 Å². The second-order valence-electron chi connectivity index (χ2n) is 8.79. The van der Waals surface area contributed by atoms with E-state index in [1.165, 1.54) is 11.8 Å². The summed E-state index contributed by atoms with van der Waals surface area (Å²) in [6.07, 6.45) is 2.53. The predicted octanol–water partition coefficient (Wildman–Crippen LogP) is 5.19. The van der Waals surface area contributed by atoms with E-state index in [0.29, 0.717) is 10.6 Å². The molecule has 2 aromatic carbocycles. The molecule has 2 atom stereocenters. The van der Waals surface area contributed by atoms with E-state index in [4.69, 9.17) is 9.47 Å². The summed E-state index contributed by atoms with van der Waals surface area (Å²) in [5.74, 6) is -0.199. The SMILES string of the molecule is CCOC(=O)C1(c2cccc[n+]2[O-])OC1c1cccc(-c2cc(C(C)C)cc3cccnc23)c1. The van der Waals surface area contributed by atoms with Crippen molar-refractivity contribution < 1.29 is 19.0 Å². The Morgan fingerprint density at radius 1 is 1.15 bits per heavy atom. The molecule has 0 bridgehead atoms. The Bertz CT molecular complexity index is 1380. The monoisotopic (exact) mass is 454 g/mol. The zero-order chi connectivity index (χ0) is 23.9. The Balaban J connectivity index is 1.61. The lowest BCUT2D eigenvalue weighted by atomic mass is 9.91. The summed E-state index contributed by atoms with van der Waals surface area (Å²) < 4.78 is 12.0. The first-order valence-corrected chi connectivity index (χ1v) is 11.5. The standard InChI is InChI=1S/C28H26N2O4/c1-4-33-27(31)28(24-12-5-6-14-30(24)32)26(34-28)21-10-7-9-19(15-21)23-17-22(18(2)3)16-20-11-8-13-29-25(20)23/h5-18,26H,4H2,1-3H3. The highest BCUT2D eigenvalue weighted by molar-refractivity contribution is 5.94. The molecular weight excluding hydrogens is 428 g/mol. The van der Waals surface area contributed by atoms with Crippen molar-refractivity contribution in [2.75, 3.05) is 6.61 Å². The van der Waals surface area contributed by atoms with E-state index >= 15 is 0 Å². The van der Waals surface area contributed by atoms with Crippen LogP contribution in [0.25, 0.3) is 22.0 Å². The summed E-state index contributed by atoms with van der Waals surface area (Å²) in [4.78, 5) is 17.6. The minimum atomic E-state index is -1.46. The molecule has 34 heavy (non-hydrogen) atoms. The largest absolute Gasteiger partial charge is 0.618 e. The van der Waals surface area contributed by atoms with Gasteiger partial charge in [0.15, 0.2) is 6.20 Å². The van der Waals surface area contributed by atoms with Gasteiger partial charge in [-0.2, -0.15) is 4.73 Å². The van der Waals surface area contributed by atoms with Gasteiger partial charge in [-0.1, -0.05) is 38.1 Å². The number of hydrogen-bond acceptors (Lipinski definition) is 5. The Hall–Kier alpha value is -3.77. The zero-order valence-corrected chi connectivity index (χ0v) is 19.4. The summed E-state index contributed by atoms with van der Waals surface area (Å²) in [7, 11) is 0. The zero-order valence-electron chi connectivity index (χ0n) is 19.4. The molecule has 1 aliphatic rings. The number of nitrogens with zero attached hydrogens (tertiary/aromatic N) is 2. The van der Waals surface area contributed by atoms with E-state index in [1.54, 1.807) is 31.3 Å². The number of rotatable bonds is 6. The average Bonchev–Trinajstić information content (AvgIpc) is 3.61. The summed E-state index contributed by atoms with van der Waals surface area (Å²) in [5.41, 5.74) is 3.69. The number of benzene rings is 2. The van der Waals surface area contributed by atoms with Gasteiger partial charge >= 0.3 is 5.97 Å². The number of ether oxygens (including phenoxy) is 2. The third-order valence-corrected chi connectivity index (χ3v) is 6.29. The molecule has 0 N–H and O–H groups in total. The fourth-order valence-electron chi connectivity index (χ4n) is 4.50. The quantitative estimate of drug-likeness (QED) is 0.173. The number of carbonyl (C=O) groups is 1. The van der Waals surface area contributed by atoms with Crippen LogP contribution in [-0.4, -0.2) is 17.6 Å². The van der Waals surface area contributed by atoms with E-state index in [9.17, 15) is 10.0 Å². The van der Waals surface area contributed by atoms with Gasteiger partial charge in [0.2, 0.25) is 5.69 Å². The number of carbonyl (C=O) groups excluding carboxylic acids is 1. The first-order valence-electron chi connectivity index (χ1n) is 11.5. The molecule has 3 heterocycles. The van der Waals surface area contributed by atoms with Crippen LogP contribution in [0.15, 0.2) is 79.1 Å². The van der Waals surface area contributed by atoms with Crippen LogP contribution in [-0.2, 0) is 19.9 Å². The molecule has 1 fully saturated rings. The molecule has 1 saturated heterocycles. The van der Waals surface area contributed by atoms with Crippen LogP contribution in [0.1, 0.15) is 49.6 Å². The highest BCUT2D eigenvalue weighted by atomic mass is 16.7. The Kier molecular flexibility index (Phi) is 5.54. The van der Waals surface area contributed by atoms with E-state index in [0.717, 1.165) is 27.6 Å². The van der Waals surface area contributed by atoms with Crippen molar-refractivity contribution in [1.29, 1.82) is 0 Å². The van der Waals surface area contributed by atoms with Gasteiger partial charge in [0.1, 0.15) is 6.10 Å². The maximum Gasteiger partial charge on any atom is 0.352 e. The maximum atomic E-state index is 13.0. The van der Waals surface area contributed by atoms with Crippen LogP contribution in [0.4, 0.5) is 0 Å². The second kappa shape index (κ2) is 8.54. The molecule has 0 aliphatic carbocycles. The normalized spacial score (nSPS) is 19.4. The first kappa shape index (κ1) is 22.0. The number of esters is 1. The van der Waals surface area contributed by atoms with E-state index < -0.39 is 17.7 Å². The molecule has 6 heteroatoms. The molecule has 0 spiro atoms. The van der Waals surface area contributed by atoms with Gasteiger partial charge in [0.05, 0.1) is 12.1 Å². The third kappa shape index (κ3) is 3.60. The van der Waals surface area contributed by atoms with Crippen molar-refractivity contribution >= 4 is 16.9 Å². The molecule has 4 aromatic rings. The summed E-state index contributed by atoms with van der Waals surface area (Å²) >= 11 is 0. The van der Waals surface area contributed by atoms with Crippen molar-refractivity contribution in [3.63, 3.8) is 0 Å². The van der Waals surface area contributed by atoms with Crippen LogP contribution in [0, 0.1) is 5.21 Å². The van der Waals surface area contributed by atoms with Gasteiger partial charge in [-0.05, 0) is 59.9 Å². The molecule has 0 radical (unpaired) electrons. The molecule has 2 aromatic heterocycles. The van der Waals surface area contributed by atoms with Gasteiger partial charge in [-0.3, -0.25) is 4.98 Å². The Morgan fingerprint density at radius 3 is 2.76 bits per heavy atom. The van der Waals surface area contributed by atoms with Crippen molar-refractivity contribution in [2.45, 2.75) is 38.4 Å².